The minimum atomic E-state index is 0.0472. The van der Waals surface area contributed by atoms with Gasteiger partial charge in [0.15, 0.2) is 0 Å². The average Bonchev–Trinajstić information content (AvgIpc) is 3.48. The summed E-state index contributed by atoms with van der Waals surface area (Å²) in [6, 6.07) is 13.5. The van der Waals surface area contributed by atoms with E-state index in [2.05, 4.69) is 16.0 Å². The molecule has 2 atom stereocenters. The molecule has 2 aromatic rings. The van der Waals surface area contributed by atoms with Crippen molar-refractivity contribution < 1.29 is 4.79 Å². The maximum absolute atomic E-state index is 12.8. The van der Waals surface area contributed by atoms with Gasteiger partial charge in [-0.25, -0.2) is 4.98 Å². The van der Waals surface area contributed by atoms with Crippen molar-refractivity contribution in [2.24, 2.45) is 5.92 Å². The SMILES string of the molecule is N#Cc1cccnc1N1CCN(C(=O)C2CC2c2ccccc2Cl)CC1. The highest BCUT2D eigenvalue weighted by Gasteiger charge is 2.46. The fourth-order valence-corrected chi connectivity index (χ4v) is 3.97. The Balaban J connectivity index is 1.38. The van der Waals surface area contributed by atoms with Crippen LogP contribution in [0.5, 0.6) is 0 Å². The number of hydrogen-bond donors (Lipinski definition) is 0. The molecule has 6 heteroatoms. The molecule has 0 bridgehead atoms. The van der Waals surface area contributed by atoms with Gasteiger partial charge in [-0.2, -0.15) is 5.26 Å². The molecule has 0 N–H and O–H groups in total. The zero-order chi connectivity index (χ0) is 18.1. The number of pyridine rings is 1. The third kappa shape index (κ3) is 3.13. The molecular formula is C20H19ClN4O. The van der Waals surface area contributed by atoms with Crippen LogP contribution in [0.15, 0.2) is 42.6 Å². The van der Waals surface area contributed by atoms with E-state index >= 15 is 0 Å². The fourth-order valence-electron chi connectivity index (χ4n) is 3.70. The third-order valence-corrected chi connectivity index (χ3v) is 5.55. The van der Waals surface area contributed by atoms with Crippen molar-refractivity contribution >= 4 is 23.3 Å². The summed E-state index contributed by atoms with van der Waals surface area (Å²) in [4.78, 5) is 21.2. The van der Waals surface area contributed by atoms with Crippen LogP contribution in [0.4, 0.5) is 5.82 Å². The maximum atomic E-state index is 12.8. The molecule has 2 aliphatic rings. The molecule has 1 aromatic heterocycles. The summed E-state index contributed by atoms with van der Waals surface area (Å²) < 4.78 is 0. The summed E-state index contributed by atoms with van der Waals surface area (Å²) >= 11 is 6.27. The molecule has 26 heavy (non-hydrogen) atoms. The molecule has 0 spiro atoms. The smallest absolute Gasteiger partial charge is 0.226 e. The van der Waals surface area contributed by atoms with Crippen LogP contribution in [0.1, 0.15) is 23.5 Å². The zero-order valence-electron chi connectivity index (χ0n) is 14.3. The van der Waals surface area contributed by atoms with Gasteiger partial charge >= 0.3 is 0 Å². The van der Waals surface area contributed by atoms with Crippen LogP contribution in [0, 0.1) is 17.2 Å². The second-order valence-corrected chi connectivity index (χ2v) is 7.18. The lowest BCUT2D eigenvalue weighted by molar-refractivity contribution is -0.133. The van der Waals surface area contributed by atoms with Crippen molar-refractivity contribution in [1.82, 2.24) is 9.88 Å². The number of amides is 1. The zero-order valence-corrected chi connectivity index (χ0v) is 15.1. The van der Waals surface area contributed by atoms with Crippen molar-refractivity contribution in [2.45, 2.75) is 12.3 Å². The van der Waals surface area contributed by atoms with Crippen LogP contribution in [0.2, 0.25) is 5.02 Å². The van der Waals surface area contributed by atoms with Crippen molar-refractivity contribution in [3.8, 4) is 6.07 Å². The van der Waals surface area contributed by atoms with Gasteiger partial charge in [0.1, 0.15) is 11.9 Å². The van der Waals surface area contributed by atoms with Crippen LogP contribution in [-0.2, 0) is 4.79 Å². The predicted octanol–water partition coefficient (Wildman–Crippen LogP) is 3.06. The van der Waals surface area contributed by atoms with Gasteiger partial charge in [-0.15, -0.1) is 0 Å². The Morgan fingerprint density at radius 2 is 1.92 bits per heavy atom. The highest BCUT2D eigenvalue weighted by molar-refractivity contribution is 6.31. The first-order chi connectivity index (χ1) is 12.7. The number of halogens is 1. The van der Waals surface area contributed by atoms with Crippen molar-refractivity contribution in [1.29, 1.82) is 5.26 Å². The Morgan fingerprint density at radius 1 is 1.15 bits per heavy atom. The number of piperazine rings is 1. The largest absolute Gasteiger partial charge is 0.352 e. The van der Waals surface area contributed by atoms with E-state index in [9.17, 15) is 10.1 Å². The molecule has 2 unspecified atom stereocenters. The summed E-state index contributed by atoms with van der Waals surface area (Å²) in [5.41, 5.74) is 1.66. The van der Waals surface area contributed by atoms with E-state index in [1.807, 2.05) is 29.2 Å². The molecule has 1 saturated carbocycles. The van der Waals surface area contributed by atoms with Crippen LogP contribution in [0.3, 0.4) is 0 Å². The topological polar surface area (TPSA) is 60.2 Å². The number of hydrogen-bond acceptors (Lipinski definition) is 4. The fraction of sp³-hybridized carbons (Fsp3) is 0.350. The minimum Gasteiger partial charge on any atom is -0.352 e. The van der Waals surface area contributed by atoms with E-state index < -0.39 is 0 Å². The number of carbonyl (C=O) groups excluding carboxylic acids is 1. The Hall–Kier alpha value is -2.58. The number of aromatic nitrogens is 1. The van der Waals surface area contributed by atoms with Gasteiger partial charge in [0, 0.05) is 43.3 Å². The summed E-state index contributed by atoms with van der Waals surface area (Å²) in [6.45, 7) is 2.71. The average molecular weight is 367 g/mol. The van der Waals surface area contributed by atoms with E-state index in [1.165, 1.54) is 0 Å². The van der Waals surface area contributed by atoms with Crippen molar-refractivity contribution in [3.05, 3.63) is 58.7 Å². The van der Waals surface area contributed by atoms with E-state index in [-0.39, 0.29) is 17.7 Å². The van der Waals surface area contributed by atoms with Crippen LogP contribution < -0.4 is 4.90 Å². The molecule has 0 radical (unpaired) electrons. The number of carbonyl (C=O) groups is 1. The number of anilines is 1. The van der Waals surface area contributed by atoms with Crippen molar-refractivity contribution in [3.63, 3.8) is 0 Å². The highest BCUT2D eigenvalue weighted by atomic mass is 35.5. The Labute approximate surface area is 157 Å². The molecule has 5 nitrogen and oxygen atoms in total. The highest BCUT2D eigenvalue weighted by Crippen LogP contribution is 2.50. The van der Waals surface area contributed by atoms with E-state index in [1.54, 1.807) is 18.3 Å². The molecule has 2 heterocycles. The second-order valence-electron chi connectivity index (χ2n) is 6.77. The summed E-state index contributed by atoms with van der Waals surface area (Å²) in [5.74, 6) is 1.22. The lowest BCUT2D eigenvalue weighted by atomic mass is 10.1. The van der Waals surface area contributed by atoms with Gasteiger partial charge in [0.2, 0.25) is 5.91 Å². The Morgan fingerprint density at radius 3 is 2.65 bits per heavy atom. The minimum absolute atomic E-state index is 0.0472. The number of nitriles is 1. The number of benzene rings is 1. The van der Waals surface area contributed by atoms with Crippen LogP contribution in [-0.4, -0.2) is 42.0 Å². The number of rotatable bonds is 3. The first-order valence-corrected chi connectivity index (χ1v) is 9.20. The first kappa shape index (κ1) is 16.9. The molecule has 2 fully saturated rings. The molecular weight excluding hydrogens is 348 g/mol. The van der Waals surface area contributed by atoms with Crippen LogP contribution in [0.25, 0.3) is 0 Å². The second kappa shape index (κ2) is 6.97. The normalized spacial score (nSPS) is 22.0. The predicted molar refractivity (Wildman–Crippen MR) is 100 cm³/mol. The lowest BCUT2D eigenvalue weighted by Gasteiger charge is -2.36. The molecule has 1 aliphatic heterocycles. The molecule has 1 aromatic carbocycles. The summed E-state index contributed by atoms with van der Waals surface area (Å²) in [5, 5.41) is 9.99. The van der Waals surface area contributed by atoms with Gasteiger partial charge in [0.25, 0.3) is 0 Å². The van der Waals surface area contributed by atoms with E-state index in [0.29, 0.717) is 37.6 Å². The van der Waals surface area contributed by atoms with Crippen LogP contribution >= 0.6 is 11.6 Å². The van der Waals surface area contributed by atoms with Gasteiger partial charge in [-0.05, 0) is 36.1 Å². The van der Waals surface area contributed by atoms with Gasteiger partial charge in [-0.3, -0.25) is 4.79 Å². The molecule has 1 amide bonds. The third-order valence-electron chi connectivity index (χ3n) is 5.21. The van der Waals surface area contributed by atoms with Gasteiger partial charge in [-0.1, -0.05) is 29.8 Å². The quantitative estimate of drug-likeness (QED) is 0.837. The molecule has 1 aliphatic carbocycles. The standard InChI is InChI=1S/C20H19ClN4O/c21-18-6-2-1-5-15(18)16-12-17(16)20(26)25-10-8-24(9-11-25)19-14(13-22)4-3-7-23-19/h1-7,16-17H,8-12H2. The Kier molecular flexibility index (Phi) is 4.52. The molecule has 1 saturated heterocycles. The number of nitrogens with zero attached hydrogens (tertiary/aromatic N) is 4. The van der Waals surface area contributed by atoms with Crippen molar-refractivity contribution in [2.75, 3.05) is 31.1 Å². The molecule has 132 valence electrons. The Bertz CT molecular complexity index is 870. The summed E-state index contributed by atoms with van der Waals surface area (Å²) in [7, 11) is 0. The van der Waals surface area contributed by atoms with E-state index in [4.69, 9.17) is 11.6 Å². The molecule has 4 rings (SSSR count). The first-order valence-electron chi connectivity index (χ1n) is 8.82. The van der Waals surface area contributed by atoms with Gasteiger partial charge in [0.05, 0.1) is 5.56 Å². The van der Waals surface area contributed by atoms with E-state index in [0.717, 1.165) is 17.0 Å². The maximum Gasteiger partial charge on any atom is 0.226 e. The summed E-state index contributed by atoms with van der Waals surface area (Å²) in [6.07, 6.45) is 2.58. The monoisotopic (exact) mass is 366 g/mol. The lowest BCUT2D eigenvalue weighted by Crippen LogP contribution is -2.49. The van der Waals surface area contributed by atoms with Gasteiger partial charge < -0.3 is 9.80 Å².